The normalized spacial score (nSPS) is 13.4. The van der Waals surface area contributed by atoms with Crippen LogP contribution in [0.2, 0.25) is 10.0 Å². The number of anilines is 2. The molecular weight excluding hydrogens is 295 g/mol. The summed E-state index contributed by atoms with van der Waals surface area (Å²) >= 11 is 12.0. The zero-order chi connectivity index (χ0) is 14.3. The van der Waals surface area contributed by atoms with E-state index in [-0.39, 0.29) is 5.91 Å². The first-order chi connectivity index (χ1) is 9.56. The van der Waals surface area contributed by atoms with Crippen LogP contribution in [0.15, 0.2) is 36.4 Å². The molecule has 1 heterocycles. The van der Waals surface area contributed by atoms with Crippen molar-refractivity contribution in [1.82, 2.24) is 0 Å². The molecule has 20 heavy (non-hydrogen) atoms. The summed E-state index contributed by atoms with van der Waals surface area (Å²) in [6.07, 6.45) is 0.796. The lowest BCUT2D eigenvalue weighted by Gasteiger charge is -2.18. The zero-order valence-corrected chi connectivity index (χ0v) is 12.1. The average Bonchev–Trinajstić information content (AvgIpc) is 2.83. The molecule has 2 aromatic rings. The molecule has 0 saturated carbocycles. The van der Waals surface area contributed by atoms with Gasteiger partial charge in [0.05, 0.1) is 10.6 Å². The van der Waals surface area contributed by atoms with Gasteiger partial charge in [-0.2, -0.15) is 0 Å². The van der Waals surface area contributed by atoms with Gasteiger partial charge in [-0.15, -0.1) is 0 Å². The van der Waals surface area contributed by atoms with Crippen LogP contribution < -0.4 is 10.6 Å². The molecule has 2 aromatic carbocycles. The van der Waals surface area contributed by atoms with Crippen molar-refractivity contribution in [3.63, 3.8) is 0 Å². The summed E-state index contributed by atoms with van der Waals surface area (Å²) in [6, 6.07) is 10.5. The van der Waals surface area contributed by atoms with Gasteiger partial charge in [-0.25, -0.2) is 0 Å². The first-order valence-electron chi connectivity index (χ1n) is 6.21. The molecule has 0 aliphatic carbocycles. The maximum absolute atomic E-state index is 12.6. The van der Waals surface area contributed by atoms with Crippen LogP contribution in [-0.2, 0) is 6.42 Å². The summed E-state index contributed by atoms with van der Waals surface area (Å²) in [6.45, 7) is 0.625. The molecule has 1 aliphatic rings. The lowest BCUT2D eigenvalue weighted by molar-refractivity contribution is 0.0989. The molecule has 2 N–H and O–H groups in total. The number of benzene rings is 2. The van der Waals surface area contributed by atoms with Crippen molar-refractivity contribution in [3.8, 4) is 0 Å². The Bertz CT molecular complexity index is 700. The van der Waals surface area contributed by atoms with Gasteiger partial charge in [0.2, 0.25) is 0 Å². The molecule has 3 rings (SSSR count). The van der Waals surface area contributed by atoms with Crippen LogP contribution in [0.3, 0.4) is 0 Å². The third-order valence-corrected chi connectivity index (χ3v) is 3.97. The lowest BCUT2D eigenvalue weighted by atomic mass is 10.1. The number of nitrogens with two attached hydrogens (primary N) is 1. The number of nitrogen functional groups attached to an aromatic ring is 1. The second-order valence-electron chi connectivity index (χ2n) is 4.72. The Morgan fingerprint density at radius 3 is 2.75 bits per heavy atom. The largest absolute Gasteiger partial charge is 0.399 e. The van der Waals surface area contributed by atoms with E-state index < -0.39 is 0 Å². The fraction of sp³-hybridized carbons (Fsp3) is 0.133. The van der Waals surface area contributed by atoms with E-state index in [1.165, 1.54) is 0 Å². The number of hydrogen-bond acceptors (Lipinski definition) is 2. The van der Waals surface area contributed by atoms with Crippen LogP contribution in [0.4, 0.5) is 11.4 Å². The van der Waals surface area contributed by atoms with Gasteiger partial charge in [-0.05, 0) is 48.4 Å². The molecular formula is C15H12Cl2N2O. The van der Waals surface area contributed by atoms with E-state index in [4.69, 9.17) is 28.9 Å². The van der Waals surface area contributed by atoms with Gasteiger partial charge >= 0.3 is 0 Å². The number of halogens is 2. The number of nitrogens with zero attached hydrogens (tertiary/aromatic N) is 1. The molecule has 0 aromatic heterocycles. The van der Waals surface area contributed by atoms with E-state index in [2.05, 4.69) is 0 Å². The number of rotatable bonds is 1. The van der Waals surface area contributed by atoms with E-state index >= 15 is 0 Å². The Labute approximate surface area is 126 Å². The molecule has 5 heteroatoms. The molecule has 3 nitrogen and oxygen atoms in total. The average molecular weight is 307 g/mol. The van der Waals surface area contributed by atoms with Crippen LogP contribution in [0.25, 0.3) is 0 Å². The van der Waals surface area contributed by atoms with Crippen molar-refractivity contribution >= 4 is 40.5 Å². The summed E-state index contributed by atoms with van der Waals surface area (Å²) in [4.78, 5) is 14.3. The molecule has 0 unspecified atom stereocenters. The van der Waals surface area contributed by atoms with Gasteiger partial charge in [0, 0.05) is 22.9 Å². The standard InChI is InChI=1S/C15H12Cl2N2O/c16-10-1-3-13(17)12(8-10)15(20)19-6-5-9-7-11(18)2-4-14(9)19/h1-4,7-8H,5-6,18H2. The van der Waals surface area contributed by atoms with E-state index in [0.717, 1.165) is 17.7 Å². The summed E-state index contributed by atoms with van der Waals surface area (Å²) in [5.74, 6) is -0.138. The van der Waals surface area contributed by atoms with E-state index in [1.807, 2.05) is 12.1 Å². The Morgan fingerprint density at radius 2 is 1.95 bits per heavy atom. The predicted molar refractivity (Wildman–Crippen MR) is 82.7 cm³/mol. The fourth-order valence-electron chi connectivity index (χ4n) is 2.44. The van der Waals surface area contributed by atoms with Crippen molar-refractivity contribution < 1.29 is 4.79 Å². The van der Waals surface area contributed by atoms with Gasteiger partial charge in [0.1, 0.15) is 0 Å². The van der Waals surface area contributed by atoms with Crippen LogP contribution in [0.5, 0.6) is 0 Å². The molecule has 0 fully saturated rings. The first-order valence-corrected chi connectivity index (χ1v) is 6.97. The van der Waals surface area contributed by atoms with Crippen LogP contribution in [0.1, 0.15) is 15.9 Å². The maximum atomic E-state index is 12.6. The molecule has 102 valence electrons. The highest BCUT2D eigenvalue weighted by Gasteiger charge is 2.26. The minimum Gasteiger partial charge on any atom is -0.399 e. The summed E-state index contributed by atoms with van der Waals surface area (Å²) in [5.41, 5.74) is 8.86. The SMILES string of the molecule is Nc1ccc2c(c1)CCN2C(=O)c1cc(Cl)ccc1Cl. The van der Waals surface area contributed by atoms with Crippen LogP contribution in [0, 0.1) is 0 Å². The van der Waals surface area contributed by atoms with Gasteiger partial charge in [-0.1, -0.05) is 23.2 Å². The second kappa shape index (κ2) is 5.00. The maximum Gasteiger partial charge on any atom is 0.259 e. The Balaban J connectivity index is 2.00. The van der Waals surface area contributed by atoms with Gasteiger partial charge < -0.3 is 10.6 Å². The number of carbonyl (C=O) groups excluding carboxylic acids is 1. The van der Waals surface area contributed by atoms with E-state index in [9.17, 15) is 4.79 Å². The zero-order valence-electron chi connectivity index (χ0n) is 10.6. The highest BCUT2D eigenvalue weighted by Crippen LogP contribution is 2.32. The topological polar surface area (TPSA) is 46.3 Å². The third-order valence-electron chi connectivity index (χ3n) is 3.40. The summed E-state index contributed by atoms with van der Waals surface area (Å²) < 4.78 is 0. The summed E-state index contributed by atoms with van der Waals surface area (Å²) in [5, 5.41) is 0.901. The third kappa shape index (κ3) is 2.23. The minimum absolute atomic E-state index is 0.138. The molecule has 1 amide bonds. The molecule has 0 saturated heterocycles. The monoisotopic (exact) mass is 306 g/mol. The molecule has 0 spiro atoms. The Kier molecular flexibility index (Phi) is 3.32. The molecule has 0 radical (unpaired) electrons. The number of fused-ring (bicyclic) bond motifs is 1. The Morgan fingerprint density at radius 1 is 1.15 bits per heavy atom. The quantitative estimate of drug-likeness (QED) is 0.815. The van der Waals surface area contributed by atoms with Crippen molar-refractivity contribution in [1.29, 1.82) is 0 Å². The smallest absolute Gasteiger partial charge is 0.259 e. The van der Waals surface area contributed by atoms with Gasteiger partial charge in [0.15, 0.2) is 0 Å². The highest BCUT2D eigenvalue weighted by molar-refractivity contribution is 6.36. The molecule has 0 bridgehead atoms. The summed E-state index contributed by atoms with van der Waals surface area (Å²) in [7, 11) is 0. The lowest BCUT2D eigenvalue weighted by Crippen LogP contribution is -2.29. The predicted octanol–water partition coefficient (Wildman–Crippen LogP) is 3.78. The Hall–Kier alpha value is -1.71. The van der Waals surface area contributed by atoms with Crippen LogP contribution in [-0.4, -0.2) is 12.5 Å². The highest BCUT2D eigenvalue weighted by atomic mass is 35.5. The first kappa shape index (κ1) is 13.3. The molecule has 0 atom stereocenters. The number of carbonyl (C=O) groups is 1. The fourth-order valence-corrected chi connectivity index (χ4v) is 2.81. The van der Waals surface area contributed by atoms with Crippen molar-refractivity contribution in [2.24, 2.45) is 0 Å². The van der Waals surface area contributed by atoms with Gasteiger partial charge in [0.25, 0.3) is 5.91 Å². The van der Waals surface area contributed by atoms with Crippen molar-refractivity contribution in [2.75, 3.05) is 17.2 Å². The van der Waals surface area contributed by atoms with Crippen LogP contribution >= 0.6 is 23.2 Å². The van der Waals surface area contributed by atoms with Crippen molar-refractivity contribution in [2.45, 2.75) is 6.42 Å². The number of amides is 1. The van der Waals surface area contributed by atoms with E-state index in [0.29, 0.717) is 27.8 Å². The van der Waals surface area contributed by atoms with Gasteiger partial charge in [-0.3, -0.25) is 4.79 Å². The second-order valence-corrected chi connectivity index (χ2v) is 5.56. The van der Waals surface area contributed by atoms with Crippen molar-refractivity contribution in [3.05, 3.63) is 57.6 Å². The molecule has 1 aliphatic heterocycles. The van der Waals surface area contributed by atoms with E-state index in [1.54, 1.807) is 29.2 Å². The minimum atomic E-state index is -0.138. The number of hydrogen-bond donors (Lipinski definition) is 1.